The molecule has 5 nitrogen and oxygen atoms in total. The van der Waals surface area contributed by atoms with E-state index in [1.54, 1.807) is 18.2 Å². The van der Waals surface area contributed by atoms with Gasteiger partial charge in [-0.2, -0.15) is 4.31 Å². The fraction of sp³-hybridized carbons (Fsp3) is 0.261. The zero-order valence-electron chi connectivity index (χ0n) is 16.9. The molecule has 0 aliphatic carbocycles. The molecule has 0 bridgehead atoms. The first-order valence-corrected chi connectivity index (χ1v) is 11.1. The van der Waals surface area contributed by atoms with Crippen molar-refractivity contribution in [1.29, 1.82) is 0 Å². The van der Waals surface area contributed by atoms with Crippen LogP contribution in [0.5, 0.6) is 0 Å². The van der Waals surface area contributed by atoms with Crippen molar-refractivity contribution in [3.63, 3.8) is 0 Å². The van der Waals surface area contributed by atoms with Crippen molar-refractivity contribution in [2.75, 3.05) is 18.9 Å². The van der Waals surface area contributed by atoms with Crippen LogP contribution in [-0.2, 0) is 14.8 Å². The number of fused-ring (bicyclic) bond motifs is 1. The average Bonchev–Trinajstić information content (AvgIpc) is 2.73. The number of nitrogens with one attached hydrogen (secondary N) is 1. The summed E-state index contributed by atoms with van der Waals surface area (Å²) in [6, 6.07) is 20.2. The van der Waals surface area contributed by atoms with Gasteiger partial charge >= 0.3 is 0 Å². The molecule has 0 spiro atoms. The summed E-state index contributed by atoms with van der Waals surface area (Å²) in [6.07, 6.45) is 1.04. The summed E-state index contributed by atoms with van der Waals surface area (Å²) in [7, 11) is -2.35. The average molecular weight is 411 g/mol. The van der Waals surface area contributed by atoms with Gasteiger partial charge in [-0.05, 0) is 52.9 Å². The second-order valence-corrected chi connectivity index (χ2v) is 9.29. The Morgan fingerprint density at radius 1 is 1.00 bits per heavy atom. The van der Waals surface area contributed by atoms with Gasteiger partial charge in [0.05, 0.1) is 11.4 Å². The van der Waals surface area contributed by atoms with Crippen molar-refractivity contribution in [3.05, 3.63) is 72.3 Å². The van der Waals surface area contributed by atoms with Crippen LogP contribution in [0.3, 0.4) is 0 Å². The van der Waals surface area contributed by atoms with Crippen LogP contribution >= 0.6 is 0 Å². The van der Waals surface area contributed by atoms with Crippen LogP contribution in [0.25, 0.3) is 10.8 Å². The molecule has 0 saturated heterocycles. The minimum atomic E-state index is -3.77. The molecule has 1 N–H and O–H groups in total. The molecule has 3 aromatic rings. The van der Waals surface area contributed by atoms with E-state index in [4.69, 9.17) is 0 Å². The Morgan fingerprint density at radius 3 is 2.31 bits per heavy atom. The zero-order valence-corrected chi connectivity index (χ0v) is 17.7. The number of carbonyl (C=O) groups is 1. The molecule has 152 valence electrons. The maximum atomic E-state index is 12.9. The molecule has 3 rings (SSSR count). The smallest absolute Gasteiger partial charge is 0.243 e. The number of benzene rings is 3. The molecule has 0 unspecified atom stereocenters. The normalized spacial score (nSPS) is 12.8. The predicted molar refractivity (Wildman–Crippen MR) is 118 cm³/mol. The topological polar surface area (TPSA) is 66.5 Å². The van der Waals surface area contributed by atoms with Crippen molar-refractivity contribution in [1.82, 2.24) is 4.31 Å². The SMILES string of the molecule is CC[C@@H](C)c1ccc(NC(=O)CN(C)S(=O)(=O)c2ccc3ccccc3c2)cc1. The van der Waals surface area contributed by atoms with Gasteiger partial charge in [0.25, 0.3) is 0 Å². The van der Waals surface area contributed by atoms with Crippen molar-refractivity contribution in [2.24, 2.45) is 0 Å². The zero-order chi connectivity index (χ0) is 21.0. The van der Waals surface area contributed by atoms with Crippen molar-refractivity contribution >= 4 is 32.4 Å². The summed E-state index contributed by atoms with van der Waals surface area (Å²) < 4.78 is 26.8. The van der Waals surface area contributed by atoms with E-state index in [0.717, 1.165) is 21.5 Å². The van der Waals surface area contributed by atoms with E-state index in [1.807, 2.05) is 48.5 Å². The first kappa shape index (κ1) is 21.0. The Labute approximate surface area is 172 Å². The van der Waals surface area contributed by atoms with Crippen LogP contribution in [0.15, 0.2) is 71.6 Å². The molecule has 0 saturated carbocycles. The number of hydrogen-bond acceptors (Lipinski definition) is 3. The summed E-state index contributed by atoms with van der Waals surface area (Å²) >= 11 is 0. The highest BCUT2D eigenvalue weighted by molar-refractivity contribution is 7.89. The van der Waals surface area contributed by atoms with Gasteiger partial charge in [0.2, 0.25) is 15.9 Å². The van der Waals surface area contributed by atoms with Gasteiger partial charge in [-0.1, -0.05) is 56.3 Å². The third-order valence-electron chi connectivity index (χ3n) is 5.17. The first-order chi connectivity index (χ1) is 13.8. The van der Waals surface area contributed by atoms with E-state index in [2.05, 4.69) is 19.2 Å². The van der Waals surface area contributed by atoms with Crippen molar-refractivity contribution in [3.8, 4) is 0 Å². The maximum absolute atomic E-state index is 12.9. The summed E-state index contributed by atoms with van der Waals surface area (Å²) in [6.45, 7) is 4.02. The lowest BCUT2D eigenvalue weighted by Gasteiger charge is -2.17. The van der Waals surface area contributed by atoms with Crippen LogP contribution in [0.4, 0.5) is 5.69 Å². The Morgan fingerprint density at radius 2 is 1.66 bits per heavy atom. The van der Waals surface area contributed by atoms with Crippen molar-refractivity contribution < 1.29 is 13.2 Å². The molecule has 0 aliphatic heterocycles. The minimum Gasteiger partial charge on any atom is -0.325 e. The van der Waals surface area contributed by atoms with Gasteiger partial charge in [0.1, 0.15) is 0 Å². The van der Waals surface area contributed by atoms with Gasteiger partial charge in [-0.15, -0.1) is 0 Å². The van der Waals surface area contributed by atoms with Crippen LogP contribution in [0.1, 0.15) is 31.7 Å². The number of rotatable bonds is 7. The van der Waals surface area contributed by atoms with Crippen LogP contribution in [0.2, 0.25) is 0 Å². The molecule has 3 aromatic carbocycles. The quantitative estimate of drug-likeness (QED) is 0.618. The number of sulfonamides is 1. The fourth-order valence-corrected chi connectivity index (χ4v) is 4.29. The maximum Gasteiger partial charge on any atom is 0.243 e. The Hall–Kier alpha value is -2.70. The third kappa shape index (κ3) is 4.83. The van der Waals surface area contributed by atoms with E-state index in [9.17, 15) is 13.2 Å². The van der Waals surface area contributed by atoms with Crippen molar-refractivity contribution in [2.45, 2.75) is 31.1 Å². The van der Waals surface area contributed by atoms with E-state index in [1.165, 1.54) is 12.6 Å². The van der Waals surface area contributed by atoms with Crippen LogP contribution in [-0.4, -0.2) is 32.2 Å². The molecule has 0 aliphatic rings. The number of likely N-dealkylation sites (N-methyl/N-ethyl adjacent to an activating group) is 1. The fourth-order valence-electron chi connectivity index (χ4n) is 3.13. The highest BCUT2D eigenvalue weighted by Gasteiger charge is 2.23. The Kier molecular flexibility index (Phi) is 6.35. The number of nitrogens with zero attached hydrogens (tertiary/aromatic N) is 1. The number of amides is 1. The molecule has 0 aromatic heterocycles. The first-order valence-electron chi connectivity index (χ1n) is 9.66. The second kappa shape index (κ2) is 8.76. The molecule has 29 heavy (non-hydrogen) atoms. The number of carbonyl (C=O) groups excluding carboxylic acids is 1. The van der Waals surface area contributed by atoms with Gasteiger partial charge in [0, 0.05) is 12.7 Å². The van der Waals surface area contributed by atoms with Gasteiger partial charge in [0.15, 0.2) is 0 Å². The summed E-state index contributed by atoms with van der Waals surface area (Å²) in [5.74, 6) is 0.0751. The molecular formula is C23H26N2O3S. The number of hydrogen-bond donors (Lipinski definition) is 1. The monoisotopic (exact) mass is 410 g/mol. The molecule has 1 amide bonds. The minimum absolute atomic E-state index is 0.171. The third-order valence-corrected chi connectivity index (χ3v) is 6.97. The summed E-state index contributed by atoms with van der Waals surface area (Å²) in [5.41, 5.74) is 1.86. The second-order valence-electron chi connectivity index (χ2n) is 7.25. The molecule has 6 heteroatoms. The van der Waals surface area contributed by atoms with Crippen LogP contribution in [0, 0.1) is 0 Å². The van der Waals surface area contributed by atoms with E-state index >= 15 is 0 Å². The van der Waals surface area contributed by atoms with E-state index in [0.29, 0.717) is 11.6 Å². The van der Waals surface area contributed by atoms with E-state index in [-0.39, 0.29) is 17.3 Å². The molecule has 0 radical (unpaired) electrons. The van der Waals surface area contributed by atoms with Gasteiger partial charge < -0.3 is 5.32 Å². The lowest BCUT2D eigenvalue weighted by atomic mass is 9.99. The highest BCUT2D eigenvalue weighted by Crippen LogP contribution is 2.22. The lowest BCUT2D eigenvalue weighted by Crippen LogP contribution is -2.34. The largest absolute Gasteiger partial charge is 0.325 e. The summed E-state index contributed by atoms with van der Waals surface area (Å²) in [4.78, 5) is 12.5. The van der Waals surface area contributed by atoms with Gasteiger partial charge in [-0.25, -0.2) is 8.42 Å². The van der Waals surface area contributed by atoms with E-state index < -0.39 is 10.0 Å². The summed E-state index contributed by atoms with van der Waals surface area (Å²) in [5, 5.41) is 4.57. The predicted octanol–water partition coefficient (Wildman–Crippen LogP) is 4.61. The Balaban J connectivity index is 1.69. The Bertz CT molecular complexity index is 1110. The van der Waals surface area contributed by atoms with Crippen LogP contribution < -0.4 is 5.32 Å². The molecular weight excluding hydrogens is 384 g/mol. The number of anilines is 1. The highest BCUT2D eigenvalue weighted by atomic mass is 32.2. The molecule has 0 heterocycles. The van der Waals surface area contributed by atoms with Gasteiger partial charge in [-0.3, -0.25) is 4.79 Å². The molecule has 0 fully saturated rings. The lowest BCUT2D eigenvalue weighted by molar-refractivity contribution is -0.116. The standard InChI is InChI=1S/C23H26N2O3S/c1-4-17(2)18-9-12-21(13-10-18)24-23(26)16-25(3)29(27,28)22-14-11-19-7-5-6-8-20(19)15-22/h5-15,17H,4,16H2,1-3H3,(H,24,26)/t17-/m1/s1. The molecule has 1 atom stereocenters.